The Morgan fingerprint density at radius 1 is 0.644 bits per heavy atom. The van der Waals surface area contributed by atoms with Crippen LogP contribution in [0.2, 0.25) is 0 Å². The fourth-order valence-corrected chi connectivity index (χ4v) is 14.9. The molecule has 9 rings (SSSR count). The van der Waals surface area contributed by atoms with Gasteiger partial charge in [0.1, 0.15) is 85.5 Å². The molecular weight excluding hydrogens is 965 g/mol. The molecule has 5 heterocycles. The number of aliphatic hydroxyl groups is 13. The zero-order valence-corrected chi connectivity index (χ0v) is 42.7. The van der Waals surface area contributed by atoms with Crippen molar-refractivity contribution >= 4 is 0 Å². The van der Waals surface area contributed by atoms with Crippen molar-refractivity contribution in [2.75, 3.05) is 19.8 Å². The lowest BCUT2D eigenvalue weighted by Crippen LogP contribution is -2.66. The number of aliphatic hydroxyl groups excluding tert-OH is 12. The number of hydrogen-bond acceptors (Lipinski definition) is 22. The molecular formula is C51H84O22. The monoisotopic (exact) mass is 1050 g/mol. The van der Waals surface area contributed by atoms with E-state index in [4.69, 9.17) is 42.6 Å². The van der Waals surface area contributed by atoms with Crippen LogP contribution in [-0.2, 0) is 42.6 Å². The van der Waals surface area contributed by atoms with Crippen molar-refractivity contribution in [2.24, 2.45) is 46.3 Å². The van der Waals surface area contributed by atoms with Gasteiger partial charge in [-0.3, -0.25) is 0 Å². The SMILES string of the molecule is C[C@H](CCC1(O)O[C@H]2C[C@H]3[C@@H]4CC=C5C[C@@H](O[C@@H]6O[C@H](CO)[C@@H](O)[C@H](O[C@@H]7O[C@@H](C)[C@H](O)[C@@H](O)[C@H]7O[C@@H]7O[C@@H](C)[C@H](O)[C@@H](O)[C@H]7O)[C@H]6O)CC[C@]5(C)[C@H]4CC[C@]3(C)[C@H]2[C@@H]1C)CO[C@@H]1O[C@H](CO)[C@@H](O)[C@H](O)[C@H]1O. The number of allylic oxidation sites excluding steroid dienone is 1. The fraction of sp³-hybridized carbons (Fsp3) is 0.961. The Labute approximate surface area is 426 Å². The van der Waals surface area contributed by atoms with E-state index in [-0.39, 0.29) is 41.3 Å². The Hall–Kier alpha value is -1.14. The van der Waals surface area contributed by atoms with Gasteiger partial charge in [-0.1, -0.05) is 39.3 Å². The predicted octanol–water partition coefficient (Wildman–Crippen LogP) is -1.98. The van der Waals surface area contributed by atoms with Crippen molar-refractivity contribution < 1.29 is 109 Å². The maximum absolute atomic E-state index is 12.1. The van der Waals surface area contributed by atoms with Gasteiger partial charge in [0.15, 0.2) is 30.9 Å². The molecule has 0 spiro atoms. The van der Waals surface area contributed by atoms with E-state index < -0.39 is 148 Å². The smallest absolute Gasteiger partial charge is 0.187 e. The molecule has 5 saturated heterocycles. The highest BCUT2D eigenvalue weighted by Gasteiger charge is 2.68. The van der Waals surface area contributed by atoms with Crippen LogP contribution < -0.4 is 0 Å². The number of fused-ring (bicyclic) bond motifs is 7. The Kier molecular flexibility index (Phi) is 16.9. The van der Waals surface area contributed by atoms with Gasteiger partial charge in [0.05, 0.1) is 44.2 Å². The standard InChI is InChI=1S/C51H84O22/c1-20(19-65-45-40(61)38(59)35(56)30(17-52)69-45)9-14-51(64)21(2)32-29(73-51)16-28-26-8-7-24-15-25(10-12-49(24,5)27(26)11-13-50(28,32)6)68-47-42(63)43(36(57)31(18-53)70-47)71-48-44(39(60)34(55)23(4)67-48)72-46-41(62)37(58)33(54)22(3)66-46/h7,20-23,25-48,52-64H,8-19H2,1-6H3/t20-,21+,22+,23+,25+,26-,27+,28+,29+,30-,31-,32+,33+,34+,35-,36-,37-,38+,39-,40-,41-,42-,43+,44-,45-,46+,47-,48+,49+,50+,51?/m1/s1. The fourth-order valence-electron chi connectivity index (χ4n) is 14.9. The van der Waals surface area contributed by atoms with Crippen molar-refractivity contribution in [3.63, 3.8) is 0 Å². The van der Waals surface area contributed by atoms with Gasteiger partial charge < -0.3 is 109 Å². The Morgan fingerprint density at radius 3 is 1.95 bits per heavy atom. The molecule has 22 nitrogen and oxygen atoms in total. The third kappa shape index (κ3) is 10.2. The van der Waals surface area contributed by atoms with E-state index in [1.165, 1.54) is 19.4 Å². The molecule has 0 amide bonds. The van der Waals surface area contributed by atoms with Crippen molar-refractivity contribution in [3.8, 4) is 0 Å². The summed E-state index contributed by atoms with van der Waals surface area (Å²) in [6.45, 7) is 10.7. The lowest BCUT2D eigenvalue weighted by atomic mass is 9.47. The highest BCUT2D eigenvalue weighted by atomic mass is 16.8. The van der Waals surface area contributed by atoms with Gasteiger partial charge in [-0.15, -0.1) is 0 Å². The molecule has 9 aliphatic rings. The molecule has 0 radical (unpaired) electrons. The normalized spacial score (nSPS) is 55.5. The molecule has 4 aliphatic carbocycles. The highest BCUT2D eigenvalue weighted by Crippen LogP contribution is 2.70. The third-order valence-electron chi connectivity index (χ3n) is 19.5. The van der Waals surface area contributed by atoms with Crippen LogP contribution in [0.15, 0.2) is 11.6 Å². The number of rotatable bonds is 14. The van der Waals surface area contributed by atoms with E-state index >= 15 is 0 Å². The van der Waals surface area contributed by atoms with Crippen LogP contribution in [0.5, 0.6) is 0 Å². The van der Waals surface area contributed by atoms with E-state index in [0.717, 1.165) is 32.1 Å². The maximum Gasteiger partial charge on any atom is 0.187 e. The first kappa shape index (κ1) is 56.6. The minimum atomic E-state index is -1.77. The van der Waals surface area contributed by atoms with E-state index in [2.05, 4.69) is 26.8 Å². The Bertz CT molecular complexity index is 1900. The van der Waals surface area contributed by atoms with Gasteiger partial charge in [0.25, 0.3) is 0 Å². The molecule has 13 N–H and O–H groups in total. The summed E-state index contributed by atoms with van der Waals surface area (Å²) in [5, 5.41) is 139. The summed E-state index contributed by atoms with van der Waals surface area (Å²) in [4.78, 5) is 0. The summed E-state index contributed by atoms with van der Waals surface area (Å²) in [7, 11) is 0. The first-order valence-electron chi connectivity index (χ1n) is 26.8. The van der Waals surface area contributed by atoms with Gasteiger partial charge in [0.2, 0.25) is 0 Å². The summed E-state index contributed by atoms with van der Waals surface area (Å²) >= 11 is 0. The van der Waals surface area contributed by atoms with E-state index in [1.807, 2.05) is 6.92 Å². The first-order chi connectivity index (χ1) is 34.5. The molecule has 420 valence electrons. The van der Waals surface area contributed by atoms with Crippen LogP contribution in [0.4, 0.5) is 0 Å². The summed E-state index contributed by atoms with van der Waals surface area (Å²) in [5.41, 5.74) is 1.13. The molecule has 31 atom stereocenters. The van der Waals surface area contributed by atoms with Gasteiger partial charge in [-0.05, 0) is 106 Å². The average Bonchev–Trinajstić information content (AvgIpc) is 3.80. The summed E-state index contributed by atoms with van der Waals surface area (Å²) < 4.78 is 54.0. The molecule has 1 unspecified atom stereocenters. The van der Waals surface area contributed by atoms with Gasteiger partial charge in [-0.2, -0.15) is 0 Å². The molecule has 73 heavy (non-hydrogen) atoms. The van der Waals surface area contributed by atoms with Crippen LogP contribution in [0.3, 0.4) is 0 Å². The van der Waals surface area contributed by atoms with Crippen LogP contribution >= 0.6 is 0 Å². The van der Waals surface area contributed by atoms with Crippen molar-refractivity contribution in [2.45, 2.75) is 240 Å². The lowest BCUT2D eigenvalue weighted by Gasteiger charge is -2.58. The van der Waals surface area contributed by atoms with Crippen LogP contribution in [0.1, 0.15) is 99.3 Å². The molecule has 0 aromatic heterocycles. The molecule has 5 aliphatic heterocycles. The zero-order valence-electron chi connectivity index (χ0n) is 42.7. The minimum absolute atomic E-state index is 0.0449. The van der Waals surface area contributed by atoms with Crippen LogP contribution in [0.25, 0.3) is 0 Å². The number of ether oxygens (including phenoxy) is 9. The summed E-state index contributed by atoms with van der Waals surface area (Å²) in [6, 6.07) is 0. The quantitative estimate of drug-likeness (QED) is 0.0839. The average molecular weight is 1050 g/mol. The van der Waals surface area contributed by atoms with E-state index in [0.29, 0.717) is 43.4 Å². The molecule has 8 fully saturated rings. The molecule has 22 heteroatoms. The topological polar surface area (TPSA) is 346 Å². The molecule has 3 saturated carbocycles. The summed E-state index contributed by atoms with van der Waals surface area (Å²) in [5.74, 6) is -0.142. The second-order valence-corrected chi connectivity index (χ2v) is 23.8. The summed E-state index contributed by atoms with van der Waals surface area (Å²) in [6.07, 6.45) is -20.5. The Morgan fingerprint density at radius 2 is 1.25 bits per heavy atom. The van der Waals surface area contributed by atoms with Crippen molar-refractivity contribution in [1.29, 1.82) is 0 Å². The molecule has 0 bridgehead atoms. The minimum Gasteiger partial charge on any atom is -0.394 e. The van der Waals surface area contributed by atoms with Gasteiger partial charge in [0, 0.05) is 12.3 Å². The second-order valence-electron chi connectivity index (χ2n) is 23.8. The van der Waals surface area contributed by atoms with E-state index in [1.54, 1.807) is 0 Å². The zero-order chi connectivity index (χ0) is 52.8. The van der Waals surface area contributed by atoms with Crippen molar-refractivity contribution in [1.82, 2.24) is 0 Å². The lowest BCUT2D eigenvalue weighted by molar-refractivity contribution is -0.387. The van der Waals surface area contributed by atoms with Gasteiger partial charge >= 0.3 is 0 Å². The van der Waals surface area contributed by atoms with Gasteiger partial charge in [-0.25, -0.2) is 0 Å². The first-order valence-corrected chi connectivity index (χ1v) is 26.8. The predicted molar refractivity (Wildman–Crippen MR) is 249 cm³/mol. The third-order valence-corrected chi connectivity index (χ3v) is 19.5. The number of hydrogen-bond donors (Lipinski definition) is 13. The van der Waals surface area contributed by atoms with E-state index in [9.17, 15) is 66.4 Å². The molecule has 0 aromatic carbocycles. The van der Waals surface area contributed by atoms with Crippen LogP contribution in [0, 0.1) is 46.3 Å². The molecule has 0 aromatic rings. The second kappa shape index (κ2) is 21.8. The Balaban J connectivity index is 0.813. The maximum atomic E-state index is 12.1. The van der Waals surface area contributed by atoms with Crippen LogP contribution in [-0.4, -0.2) is 227 Å². The van der Waals surface area contributed by atoms with Crippen molar-refractivity contribution in [3.05, 3.63) is 11.6 Å². The highest BCUT2D eigenvalue weighted by molar-refractivity contribution is 5.26. The largest absolute Gasteiger partial charge is 0.394 e.